The van der Waals surface area contributed by atoms with E-state index in [1.807, 2.05) is 18.2 Å². The molecule has 4 rings (SSSR count). The van der Waals surface area contributed by atoms with E-state index < -0.39 is 5.91 Å². The summed E-state index contributed by atoms with van der Waals surface area (Å²) in [5, 5.41) is 0. The van der Waals surface area contributed by atoms with Crippen LogP contribution >= 0.6 is 0 Å². The quantitative estimate of drug-likeness (QED) is 0.258. The van der Waals surface area contributed by atoms with Gasteiger partial charge in [0, 0.05) is 29.5 Å². The zero-order chi connectivity index (χ0) is 23.0. The summed E-state index contributed by atoms with van der Waals surface area (Å²) in [5.41, 5.74) is 11.5. The van der Waals surface area contributed by atoms with Gasteiger partial charge in [-0.15, -0.1) is 0 Å². The summed E-state index contributed by atoms with van der Waals surface area (Å²) in [7, 11) is 0. The van der Waals surface area contributed by atoms with E-state index in [9.17, 15) is 4.79 Å². The molecule has 2 aromatic carbocycles. The first-order valence-electron chi connectivity index (χ1n) is 11.2. The first-order valence-corrected chi connectivity index (χ1v) is 11.2. The number of nitrogens with one attached hydrogen (secondary N) is 1. The van der Waals surface area contributed by atoms with Gasteiger partial charge in [0.15, 0.2) is 5.65 Å². The second kappa shape index (κ2) is 10.7. The molecule has 6 nitrogen and oxygen atoms in total. The molecular weight excluding hydrogens is 412 g/mol. The van der Waals surface area contributed by atoms with Crippen molar-refractivity contribution in [1.82, 2.24) is 15.0 Å². The number of amides is 1. The normalized spacial score (nSPS) is 11.4. The largest absolute Gasteiger partial charge is 0.381 e. The Labute approximate surface area is 193 Å². The average molecular weight is 441 g/mol. The lowest BCUT2D eigenvalue weighted by Crippen LogP contribution is -2.10. The van der Waals surface area contributed by atoms with Crippen LogP contribution in [0.4, 0.5) is 0 Å². The highest BCUT2D eigenvalue weighted by atomic mass is 16.5. The van der Waals surface area contributed by atoms with Gasteiger partial charge < -0.3 is 15.5 Å². The van der Waals surface area contributed by atoms with E-state index in [-0.39, 0.29) is 0 Å². The van der Waals surface area contributed by atoms with Crippen molar-refractivity contribution in [3.8, 4) is 22.5 Å². The molecule has 0 aliphatic carbocycles. The molecule has 0 spiro atoms. The van der Waals surface area contributed by atoms with Crippen LogP contribution in [0.5, 0.6) is 0 Å². The molecule has 0 bridgehead atoms. The van der Waals surface area contributed by atoms with E-state index in [0.717, 1.165) is 66.2 Å². The minimum absolute atomic E-state index is 0.441. The predicted molar refractivity (Wildman–Crippen MR) is 132 cm³/mol. The molecule has 6 heteroatoms. The van der Waals surface area contributed by atoms with Gasteiger partial charge in [0.2, 0.25) is 5.91 Å². The maximum Gasteiger partial charge on any atom is 0.248 e. The number of H-pyrrole nitrogens is 1. The van der Waals surface area contributed by atoms with Crippen LogP contribution in [0.2, 0.25) is 0 Å². The summed E-state index contributed by atoms with van der Waals surface area (Å²) >= 11 is 0. The lowest BCUT2D eigenvalue weighted by atomic mass is 10.0. The van der Waals surface area contributed by atoms with Crippen molar-refractivity contribution in [2.24, 2.45) is 5.73 Å². The molecule has 2 aromatic heterocycles. The van der Waals surface area contributed by atoms with Gasteiger partial charge in [-0.3, -0.25) is 4.79 Å². The summed E-state index contributed by atoms with van der Waals surface area (Å²) in [6.07, 6.45) is 9.00. The van der Waals surface area contributed by atoms with Crippen molar-refractivity contribution in [2.45, 2.75) is 26.2 Å². The molecule has 2 heterocycles. The molecule has 0 fully saturated rings. The third-order valence-corrected chi connectivity index (χ3v) is 5.39. The Hall–Kier alpha value is -3.77. The molecule has 0 atom stereocenters. The Bertz CT molecular complexity index is 1240. The fraction of sp³-hybridized carbons (Fsp3) is 0.222. The van der Waals surface area contributed by atoms with Crippen LogP contribution in [0.25, 0.3) is 33.7 Å². The van der Waals surface area contributed by atoms with Crippen molar-refractivity contribution >= 4 is 17.1 Å². The second-order valence-electron chi connectivity index (χ2n) is 7.86. The molecule has 1 amide bonds. The van der Waals surface area contributed by atoms with Crippen LogP contribution in [0.3, 0.4) is 0 Å². The highest BCUT2D eigenvalue weighted by Gasteiger charge is 2.12. The fourth-order valence-corrected chi connectivity index (χ4v) is 3.63. The Morgan fingerprint density at radius 2 is 1.76 bits per heavy atom. The van der Waals surface area contributed by atoms with Crippen LogP contribution in [-0.4, -0.2) is 34.1 Å². The minimum Gasteiger partial charge on any atom is -0.381 e. The Morgan fingerprint density at radius 1 is 1.00 bits per heavy atom. The number of benzene rings is 2. The number of aromatic nitrogens is 3. The molecule has 0 saturated carbocycles. The molecule has 0 radical (unpaired) electrons. The van der Waals surface area contributed by atoms with E-state index in [1.165, 1.54) is 5.56 Å². The Balaban J connectivity index is 1.48. The van der Waals surface area contributed by atoms with Crippen LogP contribution in [0.1, 0.15) is 35.7 Å². The highest BCUT2D eigenvalue weighted by molar-refractivity contribution is 5.95. The number of hydrogen-bond acceptors (Lipinski definition) is 4. The molecule has 0 aliphatic heterocycles. The fourth-order valence-electron chi connectivity index (χ4n) is 3.63. The van der Waals surface area contributed by atoms with E-state index in [4.69, 9.17) is 15.5 Å². The number of imidazole rings is 1. The van der Waals surface area contributed by atoms with Gasteiger partial charge in [-0.25, -0.2) is 9.97 Å². The summed E-state index contributed by atoms with van der Waals surface area (Å²) in [6.45, 7) is 3.72. The van der Waals surface area contributed by atoms with Gasteiger partial charge in [-0.05, 0) is 48.6 Å². The van der Waals surface area contributed by atoms with Crippen molar-refractivity contribution in [3.05, 3.63) is 84.1 Å². The van der Waals surface area contributed by atoms with E-state index in [1.54, 1.807) is 18.3 Å². The van der Waals surface area contributed by atoms with E-state index in [0.29, 0.717) is 5.56 Å². The highest BCUT2D eigenvalue weighted by Crippen LogP contribution is 2.29. The lowest BCUT2D eigenvalue weighted by Gasteiger charge is -2.03. The summed E-state index contributed by atoms with van der Waals surface area (Å²) in [5.74, 6) is 0.331. The zero-order valence-corrected chi connectivity index (χ0v) is 18.8. The molecule has 3 N–H and O–H groups in total. The van der Waals surface area contributed by atoms with Crippen LogP contribution in [0, 0.1) is 0 Å². The third-order valence-electron chi connectivity index (χ3n) is 5.39. The standard InChI is InChI=1S/C27H28N4O2/c1-2-17-33-18-5-3-4-6-19-7-9-22(10-8-19)26-30-24-23(15-16-29-27(24)31-26)20-11-13-21(14-12-20)25(28)32/h3-4,7-16H,2,5-6,17-18H2,1H3,(H2,28,32)(H,29,30,31)/b4-3-. The maximum atomic E-state index is 11.4. The van der Waals surface area contributed by atoms with Crippen molar-refractivity contribution in [1.29, 1.82) is 0 Å². The van der Waals surface area contributed by atoms with Crippen molar-refractivity contribution < 1.29 is 9.53 Å². The Kier molecular flexibility index (Phi) is 7.27. The number of nitrogens with two attached hydrogens (primary N) is 1. The van der Waals surface area contributed by atoms with Gasteiger partial charge in [-0.2, -0.15) is 0 Å². The van der Waals surface area contributed by atoms with Gasteiger partial charge >= 0.3 is 0 Å². The third kappa shape index (κ3) is 5.54. The monoisotopic (exact) mass is 440 g/mol. The topological polar surface area (TPSA) is 93.9 Å². The molecular formula is C27H28N4O2. The van der Waals surface area contributed by atoms with Crippen LogP contribution < -0.4 is 5.73 Å². The van der Waals surface area contributed by atoms with Crippen molar-refractivity contribution in [3.63, 3.8) is 0 Å². The van der Waals surface area contributed by atoms with Gasteiger partial charge in [0.25, 0.3) is 0 Å². The number of primary amides is 1. The number of hydrogen-bond donors (Lipinski definition) is 2. The number of rotatable bonds is 10. The summed E-state index contributed by atoms with van der Waals surface area (Å²) < 4.78 is 5.49. The SMILES string of the molecule is CCCOCC/C=C\Cc1ccc(-c2nc3c(-c4ccc(C(N)=O)cc4)ccnc3[nH]2)cc1. The second-order valence-corrected chi connectivity index (χ2v) is 7.86. The Morgan fingerprint density at radius 3 is 2.48 bits per heavy atom. The molecule has 0 saturated heterocycles. The van der Waals surface area contributed by atoms with Gasteiger partial charge in [0.05, 0.1) is 6.61 Å². The lowest BCUT2D eigenvalue weighted by molar-refractivity contribution is 0.100. The molecule has 168 valence electrons. The average Bonchev–Trinajstić information content (AvgIpc) is 3.28. The molecule has 33 heavy (non-hydrogen) atoms. The summed E-state index contributed by atoms with van der Waals surface area (Å²) in [6, 6.07) is 17.5. The molecule has 4 aromatic rings. The first-order chi connectivity index (χ1) is 16.2. The minimum atomic E-state index is -0.441. The number of aromatic amines is 1. The maximum absolute atomic E-state index is 11.4. The van der Waals surface area contributed by atoms with Crippen LogP contribution in [-0.2, 0) is 11.2 Å². The number of pyridine rings is 1. The number of allylic oxidation sites excluding steroid dienone is 1. The number of carbonyl (C=O) groups is 1. The summed E-state index contributed by atoms with van der Waals surface area (Å²) in [4.78, 5) is 23.9. The number of nitrogens with zero attached hydrogens (tertiary/aromatic N) is 2. The smallest absolute Gasteiger partial charge is 0.248 e. The van der Waals surface area contributed by atoms with E-state index in [2.05, 4.69) is 53.3 Å². The van der Waals surface area contributed by atoms with Crippen LogP contribution in [0.15, 0.2) is 72.9 Å². The number of fused-ring (bicyclic) bond motifs is 1. The first kappa shape index (κ1) is 22.4. The number of carbonyl (C=O) groups excluding carboxylic acids is 1. The van der Waals surface area contributed by atoms with Gasteiger partial charge in [-0.1, -0.05) is 55.5 Å². The van der Waals surface area contributed by atoms with Gasteiger partial charge in [0.1, 0.15) is 11.3 Å². The molecule has 0 unspecified atom stereocenters. The van der Waals surface area contributed by atoms with E-state index >= 15 is 0 Å². The molecule has 0 aliphatic rings. The number of ether oxygens (including phenoxy) is 1. The predicted octanol–water partition coefficient (Wildman–Crippen LogP) is 5.31. The van der Waals surface area contributed by atoms with Crippen molar-refractivity contribution in [2.75, 3.05) is 13.2 Å². The zero-order valence-electron chi connectivity index (χ0n) is 18.8.